The van der Waals surface area contributed by atoms with E-state index in [4.69, 9.17) is 10.5 Å². The van der Waals surface area contributed by atoms with Crippen LogP contribution in [0.4, 0.5) is 5.69 Å². The number of benzene rings is 1. The van der Waals surface area contributed by atoms with Gasteiger partial charge in [-0.3, -0.25) is 0 Å². The van der Waals surface area contributed by atoms with Crippen molar-refractivity contribution in [3.63, 3.8) is 0 Å². The van der Waals surface area contributed by atoms with Gasteiger partial charge in [0.1, 0.15) is 5.75 Å². The van der Waals surface area contributed by atoms with Crippen LogP contribution in [0.2, 0.25) is 0 Å². The summed E-state index contributed by atoms with van der Waals surface area (Å²) in [4.78, 5) is 0. The van der Waals surface area contributed by atoms with E-state index in [0.717, 1.165) is 17.9 Å². The molecule has 2 N–H and O–H groups in total. The third kappa shape index (κ3) is 2.65. The van der Waals surface area contributed by atoms with Gasteiger partial charge in [0.15, 0.2) is 0 Å². The van der Waals surface area contributed by atoms with E-state index in [2.05, 4.69) is 13.8 Å². The molecular weight excluding hydrogens is 162 g/mol. The molecule has 0 aliphatic rings. The van der Waals surface area contributed by atoms with Gasteiger partial charge in [-0.25, -0.2) is 0 Å². The first-order chi connectivity index (χ1) is 6.13. The third-order valence-corrected chi connectivity index (χ3v) is 1.98. The van der Waals surface area contributed by atoms with Crippen LogP contribution in [0.3, 0.4) is 0 Å². The molecule has 2 nitrogen and oxygen atoms in total. The fourth-order valence-corrected chi connectivity index (χ4v) is 1.33. The Morgan fingerprint density at radius 2 is 2.08 bits per heavy atom. The Kier molecular flexibility index (Phi) is 3.18. The summed E-state index contributed by atoms with van der Waals surface area (Å²) in [7, 11) is 1.67. The topological polar surface area (TPSA) is 35.2 Å². The second kappa shape index (κ2) is 4.17. The summed E-state index contributed by atoms with van der Waals surface area (Å²) in [6.07, 6.45) is 1.00. The Balaban J connectivity index is 2.90. The van der Waals surface area contributed by atoms with Crippen LogP contribution >= 0.6 is 0 Å². The Labute approximate surface area is 79.7 Å². The predicted molar refractivity (Wildman–Crippen MR) is 55.9 cm³/mol. The van der Waals surface area contributed by atoms with Gasteiger partial charge in [-0.2, -0.15) is 0 Å². The van der Waals surface area contributed by atoms with Crippen molar-refractivity contribution in [1.82, 2.24) is 0 Å². The average Bonchev–Trinajstić information content (AvgIpc) is 2.08. The van der Waals surface area contributed by atoms with Crippen LogP contribution in [-0.2, 0) is 6.42 Å². The molecule has 1 aromatic carbocycles. The van der Waals surface area contributed by atoms with Crippen molar-refractivity contribution in [2.24, 2.45) is 5.92 Å². The van der Waals surface area contributed by atoms with Crippen LogP contribution < -0.4 is 10.5 Å². The molecule has 0 atom stereocenters. The van der Waals surface area contributed by atoms with E-state index in [-0.39, 0.29) is 0 Å². The minimum absolute atomic E-state index is 0.620. The number of ether oxygens (including phenoxy) is 1. The van der Waals surface area contributed by atoms with E-state index >= 15 is 0 Å². The lowest BCUT2D eigenvalue weighted by Gasteiger charge is -2.09. The summed E-state index contributed by atoms with van der Waals surface area (Å²) in [6.45, 7) is 4.36. The minimum Gasteiger partial charge on any atom is -0.497 e. The van der Waals surface area contributed by atoms with E-state index in [9.17, 15) is 0 Å². The number of nitrogen functional groups attached to an aromatic ring is 1. The monoisotopic (exact) mass is 179 g/mol. The van der Waals surface area contributed by atoms with E-state index in [1.165, 1.54) is 5.56 Å². The first kappa shape index (κ1) is 9.90. The fraction of sp³-hybridized carbons (Fsp3) is 0.455. The molecule has 72 valence electrons. The van der Waals surface area contributed by atoms with Crippen LogP contribution in [-0.4, -0.2) is 7.11 Å². The highest BCUT2D eigenvalue weighted by atomic mass is 16.5. The summed E-state index contributed by atoms with van der Waals surface area (Å²) in [6, 6.07) is 5.80. The molecule has 2 heteroatoms. The van der Waals surface area contributed by atoms with Crippen molar-refractivity contribution in [2.75, 3.05) is 12.8 Å². The van der Waals surface area contributed by atoms with E-state index in [1.807, 2.05) is 18.2 Å². The highest BCUT2D eigenvalue weighted by molar-refractivity contribution is 5.50. The van der Waals surface area contributed by atoms with Crippen molar-refractivity contribution >= 4 is 5.69 Å². The summed E-state index contributed by atoms with van der Waals surface area (Å²) in [5, 5.41) is 0. The predicted octanol–water partition coefficient (Wildman–Crippen LogP) is 2.48. The largest absolute Gasteiger partial charge is 0.497 e. The number of hydrogen-bond donors (Lipinski definition) is 1. The smallest absolute Gasteiger partial charge is 0.119 e. The molecule has 0 spiro atoms. The van der Waals surface area contributed by atoms with Gasteiger partial charge in [0, 0.05) is 5.69 Å². The van der Waals surface area contributed by atoms with Crippen LogP contribution in [0.1, 0.15) is 19.4 Å². The maximum absolute atomic E-state index is 5.84. The molecule has 0 saturated carbocycles. The number of rotatable bonds is 3. The minimum atomic E-state index is 0.620. The van der Waals surface area contributed by atoms with E-state index in [1.54, 1.807) is 7.11 Å². The second-order valence-electron chi connectivity index (χ2n) is 3.66. The molecule has 0 aliphatic carbocycles. The molecule has 0 heterocycles. The van der Waals surface area contributed by atoms with Crippen molar-refractivity contribution < 1.29 is 4.74 Å². The zero-order valence-corrected chi connectivity index (χ0v) is 8.50. The van der Waals surface area contributed by atoms with Crippen molar-refractivity contribution in [3.8, 4) is 5.75 Å². The Bertz CT molecular complexity index is 281. The molecule has 0 aliphatic heterocycles. The molecule has 1 rings (SSSR count). The molecule has 1 aromatic rings. The van der Waals surface area contributed by atoms with Gasteiger partial charge in [-0.15, -0.1) is 0 Å². The van der Waals surface area contributed by atoms with E-state index < -0.39 is 0 Å². The third-order valence-electron chi connectivity index (χ3n) is 1.98. The maximum atomic E-state index is 5.84. The number of nitrogens with two attached hydrogens (primary N) is 1. The van der Waals surface area contributed by atoms with Gasteiger partial charge in [0.05, 0.1) is 7.11 Å². The normalized spacial score (nSPS) is 10.5. The van der Waals surface area contributed by atoms with Crippen molar-refractivity contribution in [2.45, 2.75) is 20.3 Å². The number of methoxy groups -OCH3 is 1. The standard InChI is InChI=1S/C11H17NO/c1-8(2)6-9-7-10(13-3)4-5-11(9)12/h4-5,7-8H,6,12H2,1-3H3. The molecule has 0 aromatic heterocycles. The van der Waals surface area contributed by atoms with Crippen LogP contribution in [0.15, 0.2) is 18.2 Å². The van der Waals surface area contributed by atoms with E-state index in [0.29, 0.717) is 5.92 Å². The molecule has 0 bridgehead atoms. The first-order valence-corrected chi connectivity index (χ1v) is 4.56. The Hall–Kier alpha value is -1.18. The fourth-order valence-electron chi connectivity index (χ4n) is 1.33. The number of hydrogen-bond acceptors (Lipinski definition) is 2. The van der Waals surface area contributed by atoms with Gasteiger partial charge in [-0.05, 0) is 36.1 Å². The lowest BCUT2D eigenvalue weighted by molar-refractivity contribution is 0.414. The SMILES string of the molecule is COc1ccc(N)c(CC(C)C)c1. The molecule has 0 unspecified atom stereocenters. The van der Waals surface area contributed by atoms with Gasteiger partial charge < -0.3 is 10.5 Å². The Morgan fingerprint density at radius 3 is 2.62 bits per heavy atom. The van der Waals surface area contributed by atoms with Crippen molar-refractivity contribution in [3.05, 3.63) is 23.8 Å². The molecule has 13 heavy (non-hydrogen) atoms. The molecule has 0 amide bonds. The second-order valence-corrected chi connectivity index (χ2v) is 3.66. The molecule has 0 fully saturated rings. The van der Waals surface area contributed by atoms with Crippen LogP contribution in [0.5, 0.6) is 5.75 Å². The lowest BCUT2D eigenvalue weighted by Crippen LogP contribution is -1.99. The first-order valence-electron chi connectivity index (χ1n) is 4.56. The highest BCUT2D eigenvalue weighted by Crippen LogP contribution is 2.21. The zero-order chi connectivity index (χ0) is 9.84. The summed E-state index contributed by atoms with van der Waals surface area (Å²) < 4.78 is 5.14. The molecular formula is C11H17NO. The average molecular weight is 179 g/mol. The summed E-state index contributed by atoms with van der Waals surface area (Å²) in [5.74, 6) is 1.50. The highest BCUT2D eigenvalue weighted by Gasteiger charge is 2.03. The van der Waals surface area contributed by atoms with Gasteiger partial charge >= 0.3 is 0 Å². The zero-order valence-electron chi connectivity index (χ0n) is 8.50. The van der Waals surface area contributed by atoms with Crippen LogP contribution in [0, 0.1) is 5.92 Å². The molecule has 0 saturated heterocycles. The van der Waals surface area contributed by atoms with Gasteiger partial charge in [0.2, 0.25) is 0 Å². The quantitative estimate of drug-likeness (QED) is 0.723. The summed E-state index contributed by atoms with van der Waals surface area (Å²) >= 11 is 0. The van der Waals surface area contributed by atoms with Gasteiger partial charge in [0.25, 0.3) is 0 Å². The van der Waals surface area contributed by atoms with Gasteiger partial charge in [-0.1, -0.05) is 13.8 Å². The van der Waals surface area contributed by atoms with Crippen LogP contribution in [0.25, 0.3) is 0 Å². The lowest BCUT2D eigenvalue weighted by atomic mass is 10.0. The molecule has 0 radical (unpaired) electrons. The Morgan fingerprint density at radius 1 is 1.38 bits per heavy atom. The maximum Gasteiger partial charge on any atom is 0.119 e. The number of anilines is 1. The van der Waals surface area contributed by atoms with Crippen molar-refractivity contribution in [1.29, 1.82) is 0 Å². The summed E-state index contributed by atoms with van der Waals surface area (Å²) in [5.41, 5.74) is 7.87.